The number of benzene rings is 6. The number of fused-ring (bicyclic) bond motifs is 4. The Labute approximate surface area is 314 Å². The molecule has 0 atom stereocenters. The summed E-state index contributed by atoms with van der Waals surface area (Å²) in [6, 6.07) is 59.2. The molecule has 0 fully saturated rings. The van der Waals surface area contributed by atoms with Crippen LogP contribution in [-0.2, 0) is 5.41 Å². The van der Waals surface area contributed by atoms with Gasteiger partial charge in [0.1, 0.15) is 5.65 Å². The van der Waals surface area contributed by atoms with Crippen LogP contribution in [0.3, 0.4) is 0 Å². The maximum absolute atomic E-state index is 5.24. The molecular weight excluding hydrogens is 659 g/mol. The highest BCUT2D eigenvalue weighted by Gasteiger charge is 2.35. The summed E-state index contributed by atoms with van der Waals surface area (Å²) in [6.07, 6.45) is 2.11. The Hall–Kier alpha value is -6.98. The van der Waals surface area contributed by atoms with Crippen LogP contribution in [0, 0.1) is 0 Å². The normalized spacial score (nSPS) is 12.8. The van der Waals surface area contributed by atoms with Crippen molar-refractivity contribution in [3.63, 3.8) is 0 Å². The molecule has 0 radical (unpaired) electrons. The van der Waals surface area contributed by atoms with E-state index in [0.717, 1.165) is 56.0 Å². The lowest BCUT2D eigenvalue weighted by Crippen LogP contribution is -2.14. The lowest BCUT2D eigenvalue weighted by Gasteiger charge is -2.21. The van der Waals surface area contributed by atoms with E-state index in [4.69, 9.17) is 19.9 Å². The lowest BCUT2D eigenvalue weighted by atomic mass is 9.82. The molecule has 3 heterocycles. The average molecular weight is 694 g/mol. The average Bonchev–Trinajstić information content (AvgIpc) is 3.74. The summed E-state index contributed by atoms with van der Waals surface area (Å²) in [5.41, 5.74) is 15.4. The summed E-state index contributed by atoms with van der Waals surface area (Å²) in [4.78, 5) is 20.1. The zero-order valence-corrected chi connectivity index (χ0v) is 30.0. The van der Waals surface area contributed by atoms with Crippen molar-refractivity contribution in [1.82, 2.24) is 24.3 Å². The number of imidazole rings is 1. The Kier molecular flexibility index (Phi) is 7.41. The third-order valence-corrected chi connectivity index (χ3v) is 10.7. The van der Waals surface area contributed by atoms with Gasteiger partial charge in [-0.2, -0.15) is 0 Å². The Morgan fingerprint density at radius 2 is 0.926 bits per heavy atom. The summed E-state index contributed by atoms with van der Waals surface area (Å²) in [7, 11) is 0. The van der Waals surface area contributed by atoms with Crippen molar-refractivity contribution in [2.75, 3.05) is 0 Å². The van der Waals surface area contributed by atoms with Crippen LogP contribution in [0.2, 0.25) is 0 Å². The number of hydrogen-bond donors (Lipinski definition) is 0. The molecule has 0 amide bonds. The first-order valence-corrected chi connectivity index (χ1v) is 18.3. The van der Waals surface area contributed by atoms with E-state index in [-0.39, 0.29) is 5.41 Å². The SMILES string of the molecule is CC1(C)c2ccccc2-c2cc(-c3c(-c4cccc(-c5cccc(-c6nc(-c7ccccc7)nc(-c7ccccc7)n6)c5)c4)nc4ccccn34)ccc21. The van der Waals surface area contributed by atoms with E-state index in [0.29, 0.717) is 17.5 Å². The summed E-state index contributed by atoms with van der Waals surface area (Å²) in [5, 5.41) is 0. The molecule has 1 aliphatic rings. The van der Waals surface area contributed by atoms with E-state index in [9.17, 15) is 0 Å². The largest absolute Gasteiger partial charge is 0.299 e. The Morgan fingerprint density at radius 3 is 1.63 bits per heavy atom. The molecule has 6 aromatic carbocycles. The van der Waals surface area contributed by atoms with Gasteiger partial charge in [-0.1, -0.05) is 153 Å². The van der Waals surface area contributed by atoms with Gasteiger partial charge in [-0.15, -0.1) is 0 Å². The molecule has 0 saturated carbocycles. The first-order valence-electron chi connectivity index (χ1n) is 18.3. The van der Waals surface area contributed by atoms with Crippen molar-refractivity contribution in [3.8, 4) is 78.9 Å². The molecule has 1 aliphatic carbocycles. The summed E-state index contributed by atoms with van der Waals surface area (Å²) in [6.45, 7) is 4.64. The molecule has 256 valence electrons. The third-order valence-electron chi connectivity index (χ3n) is 10.7. The van der Waals surface area contributed by atoms with Gasteiger partial charge in [0, 0.05) is 39.4 Å². The summed E-state index contributed by atoms with van der Waals surface area (Å²) >= 11 is 0. The number of nitrogens with zero attached hydrogens (tertiary/aromatic N) is 5. The molecular formula is C49H35N5. The van der Waals surface area contributed by atoms with Crippen molar-refractivity contribution < 1.29 is 0 Å². The fourth-order valence-corrected chi connectivity index (χ4v) is 7.96. The van der Waals surface area contributed by atoms with Crippen LogP contribution in [0.15, 0.2) is 176 Å². The third kappa shape index (κ3) is 5.32. The van der Waals surface area contributed by atoms with Gasteiger partial charge in [0.15, 0.2) is 17.5 Å². The molecule has 3 aromatic heterocycles. The second-order valence-electron chi connectivity index (χ2n) is 14.4. The van der Waals surface area contributed by atoms with Gasteiger partial charge in [0.25, 0.3) is 0 Å². The highest BCUT2D eigenvalue weighted by atomic mass is 15.0. The number of pyridine rings is 1. The fourth-order valence-electron chi connectivity index (χ4n) is 7.96. The Bertz CT molecular complexity index is 2800. The van der Waals surface area contributed by atoms with Crippen LogP contribution in [0.1, 0.15) is 25.0 Å². The molecule has 0 aliphatic heterocycles. The van der Waals surface area contributed by atoms with Gasteiger partial charge in [-0.05, 0) is 63.7 Å². The molecule has 0 N–H and O–H groups in total. The van der Waals surface area contributed by atoms with Crippen LogP contribution in [0.4, 0.5) is 0 Å². The maximum atomic E-state index is 5.24. The first kappa shape index (κ1) is 31.7. The molecule has 54 heavy (non-hydrogen) atoms. The van der Waals surface area contributed by atoms with Crippen molar-refractivity contribution in [2.24, 2.45) is 0 Å². The van der Waals surface area contributed by atoms with E-state index in [1.165, 1.54) is 22.3 Å². The van der Waals surface area contributed by atoms with Gasteiger partial charge in [0.05, 0.1) is 11.4 Å². The highest BCUT2D eigenvalue weighted by Crippen LogP contribution is 2.50. The number of rotatable bonds is 6. The van der Waals surface area contributed by atoms with Crippen LogP contribution < -0.4 is 0 Å². The molecule has 5 nitrogen and oxygen atoms in total. The molecule has 0 saturated heterocycles. The second-order valence-corrected chi connectivity index (χ2v) is 14.4. The highest BCUT2D eigenvalue weighted by molar-refractivity contribution is 5.89. The Morgan fingerprint density at radius 1 is 0.389 bits per heavy atom. The fraction of sp³-hybridized carbons (Fsp3) is 0.0612. The van der Waals surface area contributed by atoms with Crippen LogP contribution in [0.5, 0.6) is 0 Å². The topological polar surface area (TPSA) is 56.0 Å². The maximum Gasteiger partial charge on any atom is 0.164 e. The van der Waals surface area contributed by atoms with Gasteiger partial charge in [0.2, 0.25) is 0 Å². The lowest BCUT2D eigenvalue weighted by molar-refractivity contribution is 0.660. The number of hydrogen-bond acceptors (Lipinski definition) is 4. The predicted molar refractivity (Wildman–Crippen MR) is 219 cm³/mol. The van der Waals surface area contributed by atoms with E-state index in [1.54, 1.807) is 0 Å². The Balaban J connectivity index is 1.08. The first-order chi connectivity index (χ1) is 26.5. The molecule has 5 heteroatoms. The van der Waals surface area contributed by atoms with Crippen LogP contribution >= 0.6 is 0 Å². The standard InChI is InChI=1S/C49H35N5/c1-49(2)41-24-10-9-23-39(41)40-31-37(26-27-42(40)49)45-44(50-43-25-11-12-28-54(43)45)36-21-13-19-34(29-36)35-20-14-22-38(30-35)48-52-46(32-15-5-3-6-16-32)51-47(53-48)33-17-7-4-8-18-33/h3-31H,1-2H3. The van der Waals surface area contributed by atoms with Crippen molar-refractivity contribution in [2.45, 2.75) is 19.3 Å². The zero-order valence-electron chi connectivity index (χ0n) is 30.0. The predicted octanol–water partition coefficient (Wildman–Crippen LogP) is 11.8. The summed E-state index contributed by atoms with van der Waals surface area (Å²) in [5.74, 6) is 1.92. The van der Waals surface area contributed by atoms with Crippen molar-refractivity contribution >= 4 is 5.65 Å². The van der Waals surface area contributed by atoms with E-state index in [2.05, 4.69) is 128 Å². The van der Waals surface area contributed by atoms with E-state index >= 15 is 0 Å². The van der Waals surface area contributed by atoms with E-state index < -0.39 is 0 Å². The monoisotopic (exact) mass is 693 g/mol. The van der Waals surface area contributed by atoms with Crippen LogP contribution in [-0.4, -0.2) is 24.3 Å². The molecule has 0 bridgehead atoms. The quantitative estimate of drug-likeness (QED) is 0.174. The molecule has 0 unspecified atom stereocenters. The zero-order chi connectivity index (χ0) is 36.2. The van der Waals surface area contributed by atoms with Gasteiger partial charge in [-0.3, -0.25) is 4.40 Å². The van der Waals surface area contributed by atoms with Gasteiger partial charge < -0.3 is 0 Å². The molecule has 10 rings (SSSR count). The number of aromatic nitrogens is 5. The van der Waals surface area contributed by atoms with E-state index in [1.807, 2.05) is 66.7 Å². The minimum absolute atomic E-state index is 0.0524. The van der Waals surface area contributed by atoms with Gasteiger partial charge in [-0.25, -0.2) is 19.9 Å². The minimum atomic E-state index is -0.0524. The summed E-state index contributed by atoms with van der Waals surface area (Å²) < 4.78 is 2.21. The van der Waals surface area contributed by atoms with Crippen molar-refractivity contribution in [1.29, 1.82) is 0 Å². The second kappa shape index (κ2) is 12.6. The smallest absolute Gasteiger partial charge is 0.164 e. The van der Waals surface area contributed by atoms with Crippen LogP contribution in [0.25, 0.3) is 84.6 Å². The molecule has 0 spiro atoms. The van der Waals surface area contributed by atoms with Gasteiger partial charge >= 0.3 is 0 Å². The van der Waals surface area contributed by atoms with Crippen molar-refractivity contribution in [3.05, 3.63) is 187 Å². The minimum Gasteiger partial charge on any atom is -0.299 e. The molecule has 9 aromatic rings.